The van der Waals surface area contributed by atoms with Gasteiger partial charge in [-0.05, 0) is 74.8 Å². The number of sulfonamides is 1. The number of alkyl halides is 3. The van der Waals surface area contributed by atoms with E-state index in [9.17, 15) is 45.2 Å². The van der Waals surface area contributed by atoms with Gasteiger partial charge in [-0.15, -0.1) is 0 Å². The van der Waals surface area contributed by atoms with Crippen LogP contribution < -0.4 is 20.5 Å². The molecule has 0 bridgehead atoms. The molecule has 57 heavy (non-hydrogen) atoms. The summed E-state index contributed by atoms with van der Waals surface area (Å²) in [5, 5.41) is 1.58. The quantitative estimate of drug-likeness (QED) is 0.0818. The first-order valence-electron chi connectivity index (χ1n) is 18.4. The van der Waals surface area contributed by atoms with Crippen LogP contribution in [0.5, 0.6) is 5.88 Å². The second kappa shape index (κ2) is 15.8. The summed E-state index contributed by atoms with van der Waals surface area (Å²) in [6.07, 6.45) is 1.84. The third-order valence-corrected chi connectivity index (χ3v) is 12.0. The predicted octanol–water partition coefficient (Wildman–Crippen LogP) is 4.41. The maximum absolute atomic E-state index is 14.2. The summed E-state index contributed by atoms with van der Waals surface area (Å²) in [6, 6.07) is 4.01. The fourth-order valence-electron chi connectivity index (χ4n) is 6.90. The van der Waals surface area contributed by atoms with E-state index in [0.29, 0.717) is 43.9 Å². The predicted molar refractivity (Wildman–Crippen MR) is 193 cm³/mol. The Bertz CT molecular complexity index is 2330. The highest BCUT2D eigenvalue weighted by atomic mass is 32.2. The Morgan fingerprint density at radius 3 is 2.58 bits per heavy atom. The summed E-state index contributed by atoms with van der Waals surface area (Å²) >= 11 is 0. The molecule has 5 atom stereocenters. The summed E-state index contributed by atoms with van der Waals surface area (Å²) in [6.45, 7) is -0.321. The first-order valence-corrected chi connectivity index (χ1v) is 19.9. The lowest BCUT2D eigenvalue weighted by atomic mass is 10.0. The second-order valence-corrected chi connectivity index (χ2v) is 16.4. The Morgan fingerprint density at radius 2 is 1.88 bits per heavy atom. The zero-order valence-corrected chi connectivity index (χ0v) is 31.0. The molecular weight excluding hydrogens is 780 g/mol. The summed E-state index contributed by atoms with van der Waals surface area (Å²) in [7, 11) is -3.62. The number of furan rings is 2. The fourth-order valence-corrected chi connectivity index (χ4v) is 8.26. The lowest BCUT2D eigenvalue weighted by Crippen LogP contribution is -2.54. The molecule has 4 amide bonds. The lowest BCUT2D eigenvalue weighted by molar-refractivity contribution is -0.175. The van der Waals surface area contributed by atoms with Gasteiger partial charge in [0.1, 0.15) is 35.1 Å². The van der Waals surface area contributed by atoms with Crippen LogP contribution in [0.2, 0.25) is 0 Å². The van der Waals surface area contributed by atoms with Crippen LogP contribution >= 0.6 is 0 Å². The van der Waals surface area contributed by atoms with E-state index >= 15 is 0 Å². The molecule has 2 aliphatic carbocycles. The van der Waals surface area contributed by atoms with Gasteiger partial charge in [-0.1, -0.05) is 25.0 Å². The molecule has 1 saturated heterocycles. The summed E-state index contributed by atoms with van der Waals surface area (Å²) in [5.74, 6) is -5.67. The largest absolute Gasteiger partial charge is 0.471 e. The van der Waals surface area contributed by atoms with Gasteiger partial charge in [0.05, 0.1) is 18.1 Å². The summed E-state index contributed by atoms with van der Waals surface area (Å²) < 4.78 is 98.0. The molecule has 1 aliphatic heterocycles. The number of unbranched alkanes of at least 4 members (excludes halogenated alkanes) is 3. The SMILES string of the molecule is NC(=O)[C@@H]1C[C@@H](Oc2nc(-c3ccco3)nc3c2oc2ccc(F)cc23)CN1C(=O)[C@H](CCCCC/C=C\[C@@H]1C[C@@H]1C(=O)NS(=O)(=O)C1CC1)NC(=O)C(F)(F)F. The number of benzene rings is 1. The molecule has 3 aromatic heterocycles. The number of fused-ring (bicyclic) bond motifs is 3. The number of nitrogens with zero attached hydrogens (tertiary/aromatic N) is 3. The van der Waals surface area contributed by atoms with Gasteiger partial charge in [0.25, 0.3) is 5.88 Å². The summed E-state index contributed by atoms with van der Waals surface area (Å²) in [5.41, 5.74) is 6.13. The molecule has 0 spiro atoms. The molecule has 0 unspecified atom stereocenters. The topological polar surface area (TPSA) is 217 Å². The number of rotatable bonds is 16. The van der Waals surface area contributed by atoms with Crippen molar-refractivity contribution in [3.05, 3.63) is 54.6 Å². The van der Waals surface area contributed by atoms with Crippen molar-refractivity contribution in [2.45, 2.75) is 87.4 Å². The number of hydrogen-bond donors (Lipinski definition) is 3. The van der Waals surface area contributed by atoms with Crippen LogP contribution in [0.1, 0.15) is 57.8 Å². The zero-order valence-electron chi connectivity index (χ0n) is 30.2. The Kier molecular flexibility index (Phi) is 11.0. The highest BCUT2D eigenvalue weighted by Crippen LogP contribution is 2.41. The van der Waals surface area contributed by atoms with E-state index in [0.717, 1.165) is 4.90 Å². The van der Waals surface area contributed by atoms with Crippen molar-refractivity contribution in [1.82, 2.24) is 24.9 Å². The minimum atomic E-state index is -5.29. The second-order valence-electron chi connectivity index (χ2n) is 14.4. The normalized spacial score (nSPS) is 21.6. The van der Waals surface area contributed by atoms with E-state index in [4.69, 9.17) is 19.3 Å². The Hall–Kier alpha value is -5.53. The van der Waals surface area contributed by atoms with Crippen LogP contribution in [0.25, 0.3) is 33.7 Å². The molecule has 1 aromatic carbocycles. The lowest BCUT2D eigenvalue weighted by Gasteiger charge is -2.28. The van der Waals surface area contributed by atoms with Crippen LogP contribution in [0.15, 0.2) is 57.6 Å². The maximum atomic E-state index is 14.2. The average molecular weight is 819 g/mol. The van der Waals surface area contributed by atoms with Gasteiger partial charge >= 0.3 is 12.1 Å². The number of halogens is 4. The average Bonchev–Trinajstić information content (AvgIpc) is 4.01. The minimum absolute atomic E-state index is 0.0261. The van der Waals surface area contributed by atoms with E-state index in [1.165, 1.54) is 24.5 Å². The van der Waals surface area contributed by atoms with Gasteiger partial charge in [0.15, 0.2) is 11.6 Å². The Labute approximate surface area is 322 Å². The third kappa shape index (κ3) is 9.05. The van der Waals surface area contributed by atoms with Crippen LogP contribution in [0.4, 0.5) is 17.6 Å². The van der Waals surface area contributed by atoms with E-state index in [1.807, 2.05) is 12.2 Å². The first-order chi connectivity index (χ1) is 27.1. The molecule has 2 saturated carbocycles. The molecule has 7 rings (SSSR count). The molecular formula is C37H38F4N6O9S. The van der Waals surface area contributed by atoms with Gasteiger partial charge in [-0.25, -0.2) is 17.8 Å². The highest BCUT2D eigenvalue weighted by Gasteiger charge is 2.46. The number of nitrogens with two attached hydrogens (primary N) is 1. The molecule has 15 nitrogen and oxygen atoms in total. The molecule has 4 N–H and O–H groups in total. The number of carbonyl (C=O) groups is 4. The van der Waals surface area contributed by atoms with Crippen LogP contribution in [-0.2, 0) is 29.2 Å². The van der Waals surface area contributed by atoms with Crippen molar-refractivity contribution < 1.29 is 58.7 Å². The number of primary amides is 1. The van der Waals surface area contributed by atoms with Crippen molar-refractivity contribution in [3.63, 3.8) is 0 Å². The minimum Gasteiger partial charge on any atom is -0.470 e. The van der Waals surface area contributed by atoms with Gasteiger partial charge in [-0.3, -0.25) is 23.9 Å². The van der Waals surface area contributed by atoms with Crippen molar-refractivity contribution in [1.29, 1.82) is 0 Å². The Morgan fingerprint density at radius 1 is 1.09 bits per heavy atom. The van der Waals surface area contributed by atoms with E-state index < -0.39 is 75.0 Å². The van der Waals surface area contributed by atoms with Crippen molar-refractivity contribution >= 4 is 55.7 Å². The van der Waals surface area contributed by atoms with E-state index in [2.05, 4.69) is 14.7 Å². The van der Waals surface area contributed by atoms with Crippen molar-refractivity contribution in [3.8, 4) is 17.5 Å². The Balaban J connectivity index is 0.997. The monoisotopic (exact) mass is 818 g/mol. The number of carbonyl (C=O) groups excluding carboxylic acids is 4. The number of ether oxygens (including phenoxy) is 1. The first kappa shape index (κ1) is 39.7. The van der Waals surface area contributed by atoms with Gasteiger partial charge in [0, 0.05) is 17.7 Å². The van der Waals surface area contributed by atoms with Gasteiger partial charge < -0.3 is 29.5 Å². The number of allylic oxidation sites excluding steroid dienone is 2. The molecule has 4 aromatic rings. The van der Waals surface area contributed by atoms with Gasteiger partial charge in [-0.2, -0.15) is 18.2 Å². The fraction of sp³-hybridized carbons (Fsp3) is 0.459. The molecule has 3 fully saturated rings. The van der Waals surface area contributed by atoms with Crippen LogP contribution in [-0.4, -0.2) is 83.1 Å². The van der Waals surface area contributed by atoms with Crippen molar-refractivity contribution in [2.24, 2.45) is 17.6 Å². The van der Waals surface area contributed by atoms with Crippen LogP contribution in [0.3, 0.4) is 0 Å². The number of aromatic nitrogens is 2. The van der Waals surface area contributed by atoms with Crippen molar-refractivity contribution in [2.75, 3.05) is 6.54 Å². The molecule has 304 valence electrons. The number of nitrogens with one attached hydrogen (secondary N) is 2. The van der Waals surface area contributed by atoms with Gasteiger partial charge in [0.2, 0.25) is 33.3 Å². The molecule has 0 radical (unpaired) electrons. The third-order valence-electron chi connectivity index (χ3n) is 10.1. The highest BCUT2D eigenvalue weighted by molar-refractivity contribution is 7.90. The zero-order chi connectivity index (χ0) is 40.6. The number of hydrogen-bond acceptors (Lipinski definition) is 11. The number of amides is 4. The molecule has 4 heterocycles. The van der Waals surface area contributed by atoms with E-state index in [1.54, 1.807) is 17.4 Å². The van der Waals surface area contributed by atoms with E-state index in [-0.39, 0.29) is 65.9 Å². The maximum Gasteiger partial charge on any atom is 0.471 e. The number of likely N-dealkylation sites (tertiary alicyclic amines) is 1. The summed E-state index contributed by atoms with van der Waals surface area (Å²) in [4.78, 5) is 60.7. The van der Waals surface area contributed by atoms with Crippen LogP contribution in [0, 0.1) is 17.7 Å². The molecule has 20 heteroatoms. The standard InChI is InChI=1S/C37H38F4N6O9S/c38-20-10-13-27-24(16-20)29-30(56-27)34(45-32(44-29)28-9-6-14-54-28)55-21-17-26(31(42)48)47(18-21)35(50)25(43-36(51)37(39,40)41)8-5-3-1-2-4-7-19-15-23(19)33(49)46-57(52,53)22-11-12-22/h4,6-7,9-10,13-14,16,19,21-23,25-26H,1-3,5,8,11-12,15,17-18H2,(H2,42,48)(H,43,51)(H,46,49)/b7-4-/t19-,21-,23+,25+,26+/m1/s1. The molecule has 3 aliphatic rings. The smallest absolute Gasteiger partial charge is 0.470 e.